The zero-order chi connectivity index (χ0) is 14.9. The van der Waals surface area contributed by atoms with Crippen LogP contribution in [0.2, 0.25) is 0 Å². The summed E-state index contributed by atoms with van der Waals surface area (Å²) in [5, 5.41) is 0. The molecule has 116 valence electrons. The molecule has 5 heteroatoms. The van der Waals surface area contributed by atoms with E-state index in [9.17, 15) is 8.42 Å². The molecule has 0 amide bonds. The first kappa shape index (κ1) is 14.9. The molecule has 1 atom stereocenters. The zero-order valence-corrected chi connectivity index (χ0v) is 13.5. The highest BCUT2D eigenvalue weighted by Gasteiger charge is 2.30. The Balaban J connectivity index is 1.81. The molecule has 1 aromatic carbocycles. The Morgan fingerprint density at radius 2 is 1.57 bits per heavy atom. The lowest BCUT2D eigenvalue weighted by Gasteiger charge is -2.32. The van der Waals surface area contributed by atoms with Crippen molar-refractivity contribution in [2.45, 2.75) is 50.0 Å². The van der Waals surface area contributed by atoms with Gasteiger partial charge in [0.15, 0.2) is 0 Å². The van der Waals surface area contributed by atoms with Crippen molar-refractivity contribution < 1.29 is 8.42 Å². The number of nitrogens with zero attached hydrogens (tertiary/aromatic N) is 2. The number of sulfonamides is 1. The van der Waals surface area contributed by atoms with Crippen LogP contribution in [0.15, 0.2) is 29.2 Å². The Bertz CT molecular complexity index is 577. The molecule has 0 N–H and O–H groups in total. The number of hydrogen-bond donors (Lipinski definition) is 0. The van der Waals surface area contributed by atoms with Crippen molar-refractivity contribution in [3.63, 3.8) is 0 Å². The summed E-state index contributed by atoms with van der Waals surface area (Å²) in [4.78, 5) is 2.75. The van der Waals surface area contributed by atoms with Crippen molar-refractivity contribution in [1.29, 1.82) is 0 Å². The van der Waals surface area contributed by atoms with Gasteiger partial charge in [-0.25, -0.2) is 8.42 Å². The highest BCUT2D eigenvalue weighted by atomic mass is 32.2. The van der Waals surface area contributed by atoms with E-state index in [-0.39, 0.29) is 6.04 Å². The topological polar surface area (TPSA) is 40.6 Å². The van der Waals surface area contributed by atoms with E-state index in [4.69, 9.17) is 0 Å². The van der Waals surface area contributed by atoms with Crippen molar-refractivity contribution in [3.05, 3.63) is 24.3 Å². The first-order valence-corrected chi connectivity index (χ1v) is 9.40. The standard InChI is InChI=1S/C16H24N2O2S/c1-14-6-2-3-13-18(14)21(19,20)16-9-7-15(8-10-16)17-11-4-5-12-17/h7-10,14H,2-6,11-13H2,1H3. The minimum atomic E-state index is -3.34. The highest BCUT2D eigenvalue weighted by molar-refractivity contribution is 7.89. The summed E-state index contributed by atoms with van der Waals surface area (Å²) in [5.74, 6) is 0. The summed E-state index contributed by atoms with van der Waals surface area (Å²) in [7, 11) is -3.34. The Hall–Kier alpha value is -1.07. The molecule has 0 radical (unpaired) electrons. The minimum absolute atomic E-state index is 0.113. The second-order valence-corrected chi connectivity index (χ2v) is 8.04. The number of anilines is 1. The van der Waals surface area contributed by atoms with Gasteiger partial charge in [0.05, 0.1) is 4.90 Å². The second kappa shape index (κ2) is 5.97. The maximum atomic E-state index is 12.7. The molecule has 2 aliphatic heterocycles. The average Bonchev–Trinajstić information content (AvgIpc) is 3.02. The van der Waals surface area contributed by atoms with Gasteiger partial charge in [0, 0.05) is 31.4 Å². The quantitative estimate of drug-likeness (QED) is 0.862. The molecule has 2 saturated heterocycles. The molecule has 1 aromatic rings. The number of benzene rings is 1. The maximum Gasteiger partial charge on any atom is 0.243 e. The third-order valence-electron chi connectivity index (χ3n) is 4.66. The third kappa shape index (κ3) is 2.94. The SMILES string of the molecule is CC1CCCCN1S(=O)(=O)c1ccc(N2CCCC2)cc1. The monoisotopic (exact) mass is 308 g/mol. The summed E-state index contributed by atoms with van der Waals surface area (Å²) in [6.07, 6.45) is 5.51. The van der Waals surface area contributed by atoms with E-state index in [0.717, 1.165) is 38.0 Å². The molecular weight excluding hydrogens is 284 g/mol. The van der Waals surface area contributed by atoms with Crippen molar-refractivity contribution in [2.75, 3.05) is 24.5 Å². The molecule has 21 heavy (non-hydrogen) atoms. The molecule has 4 nitrogen and oxygen atoms in total. The molecule has 0 spiro atoms. The summed E-state index contributed by atoms with van der Waals surface area (Å²) in [5.41, 5.74) is 1.14. The maximum absolute atomic E-state index is 12.7. The van der Waals surface area contributed by atoms with Crippen LogP contribution in [0.25, 0.3) is 0 Å². The number of hydrogen-bond acceptors (Lipinski definition) is 3. The van der Waals surface area contributed by atoms with Gasteiger partial charge in [-0.3, -0.25) is 0 Å². The fourth-order valence-corrected chi connectivity index (χ4v) is 5.07. The van der Waals surface area contributed by atoms with Crippen LogP contribution in [0.1, 0.15) is 39.0 Å². The van der Waals surface area contributed by atoms with Gasteiger partial charge in [-0.05, 0) is 56.9 Å². The Labute approximate surface area is 127 Å². The van der Waals surface area contributed by atoms with Gasteiger partial charge >= 0.3 is 0 Å². The van der Waals surface area contributed by atoms with Crippen LogP contribution in [-0.4, -0.2) is 38.4 Å². The normalized spacial score (nSPS) is 24.4. The van der Waals surface area contributed by atoms with Crippen LogP contribution in [0.5, 0.6) is 0 Å². The summed E-state index contributed by atoms with van der Waals surface area (Å²) in [6.45, 7) is 4.82. The van der Waals surface area contributed by atoms with Crippen LogP contribution in [0.4, 0.5) is 5.69 Å². The Morgan fingerprint density at radius 3 is 2.19 bits per heavy atom. The van der Waals surface area contributed by atoms with Crippen LogP contribution < -0.4 is 4.90 Å². The highest BCUT2D eigenvalue weighted by Crippen LogP contribution is 2.27. The summed E-state index contributed by atoms with van der Waals surface area (Å²) >= 11 is 0. The van der Waals surface area contributed by atoms with Gasteiger partial charge in [0.25, 0.3) is 0 Å². The van der Waals surface area contributed by atoms with Crippen molar-refractivity contribution >= 4 is 15.7 Å². The van der Waals surface area contributed by atoms with Crippen LogP contribution >= 0.6 is 0 Å². The lowest BCUT2D eigenvalue weighted by atomic mass is 10.1. The second-order valence-electron chi connectivity index (χ2n) is 6.15. The predicted molar refractivity (Wildman–Crippen MR) is 85.1 cm³/mol. The number of rotatable bonds is 3. The number of piperidine rings is 1. The van der Waals surface area contributed by atoms with Gasteiger partial charge < -0.3 is 4.90 Å². The predicted octanol–water partition coefficient (Wildman–Crippen LogP) is 2.85. The fraction of sp³-hybridized carbons (Fsp3) is 0.625. The van der Waals surface area contributed by atoms with Crippen molar-refractivity contribution in [1.82, 2.24) is 4.31 Å². The first-order chi connectivity index (χ1) is 10.1. The van der Waals surface area contributed by atoms with Gasteiger partial charge in [-0.2, -0.15) is 4.31 Å². The molecule has 1 unspecified atom stereocenters. The van der Waals surface area contributed by atoms with E-state index in [2.05, 4.69) is 4.90 Å². The van der Waals surface area contributed by atoms with E-state index >= 15 is 0 Å². The lowest BCUT2D eigenvalue weighted by molar-refractivity contribution is 0.268. The van der Waals surface area contributed by atoms with Crippen molar-refractivity contribution in [2.24, 2.45) is 0 Å². The fourth-order valence-electron chi connectivity index (χ4n) is 3.37. The molecule has 3 rings (SSSR count). The zero-order valence-electron chi connectivity index (χ0n) is 12.7. The van der Waals surface area contributed by atoms with E-state index < -0.39 is 10.0 Å². The first-order valence-electron chi connectivity index (χ1n) is 7.96. The summed E-state index contributed by atoms with van der Waals surface area (Å²) < 4.78 is 27.2. The third-order valence-corrected chi connectivity index (χ3v) is 6.68. The largest absolute Gasteiger partial charge is 0.372 e. The van der Waals surface area contributed by atoms with Crippen LogP contribution in [-0.2, 0) is 10.0 Å². The summed E-state index contributed by atoms with van der Waals surface area (Å²) in [6, 6.07) is 7.55. The van der Waals surface area contributed by atoms with Gasteiger partial charge in [-0.1, -0.05) is 6.42 Å². The van der Waals surface area contributed by atoms with Gasteiger partial charge in [0.1, 0.15) is 0 Å². The van der Waals surface area contributed by atoms with Gasteiger partial charge in [-0.15, -0.1) is 0 Å². The van der Waals surface area contributed by atoms with E-state index in [0.29, 0.717) is 11.4 Å². The smallest absolute Gasteiger partial charge is 0.243 e. The Kier molecular flexibility index (Phi) is 4.22. The lowest BCUT2D eigenvalue weighted by Crippen LogP contribution is -2.41. The molecule has 2 aliphatic rings. The molecule has 0 saturated carbocycles. The van der Waals surface area contributed by atoms with Crippen LogP contribution in [0.3, 0.4) is 0 Å². The van der Waals surface area contributed by atoms with E-state index in [1.807, 2.05) is 19.1 Å². The average molecular weight is 308 g/mol. The molecule has 2 heterocycles. The minimum Gasteiger partial charge on any atom is -0.372 e. The van der Waals surface area contributed by atoms with Gasteiger partial charge in [0.2, 0.25) is 10.0 Å². The van der Waals surface area contributed by atoms with Crippen molar-refractivity contribution in [3.8, 4) is 0 Å². The van der Waals surface area contributed by atoms with E-state index in [1.54, 1.807) is 16.4 Å². The molecule has 0 bridgehead atoms. The molecule has 0 aromatic heterocycles. The Morgan fingerprint density at radius 1 is 0.952 bits per heavy atom. The molecule has 2 fully saturated rings. The van der Waals surface area contributed by atoms with E-state index in [1.165, 1.54) is 12.8 Å². The molecular formula is C16H24N2O2S. The van der Waals surface area contributed by atoms with Crippen LogP contribution in [0, 0.1) is 0 Å². The molecule has 0 aliphatic carbocycles.